The molecule has 3 nitrogen and oxygen atoms in total. The maximum Gasteiger partial charge on any atom is 0.196 e. The number of benzene rings is 1. The molecule has 1 atom stereocenters. The predicted octanol–water partition coefficient (Wildman–Crippen LogP) is 2.69. The first-order valence-electron chi connectivity index (χ1n) is 6.76. The molecule has 1 heterocycles. The molecule has 1 aromatic rings. The number of rotatable bonds is 3. The minimum Gasteiger partial charge on any atom is -0.369 e. The molecule has 18 heavy (non-hydrogen) atoms. The van der Waals surface area contributed by atoms with Gasteiger partial charge in [0.25, 0.3) is 0 Å². The second-order valence-corrected chi connectivity index (χ2v) is 5.94. The van der Waals surface area contributed by atoms with Crippen molar-refractivity contribution in [3.63, 3.8) is 0 Å². The van der Waals surface area contributed by atoms with E-state index in [0.29, 0.717) is 5.96 Å². The number of nitrogens with two attached hydrogens (primary N) is 1. The van der Waals surface area contributed by atoms with Gasteiger partial charge in [-0.25, -0.2) is 0 Å². The first kappa shape index (κ1) is 11.6. The molecule has 0 bridgehead atoms. The largest absolute Gasteiger partial charge is 0.369 e. The highest BCUT2D eigenvalue weighted by atomic mass is 15.4. The molecule has 0 aromatic heterocycles. The van der Waals surface area contributed by atoms with Crippen LogP contribution in [0.4, 0.5) is 5.69 Å². The van der Waals surface area contributed by atoms with Crippen LogP contribution in [-0.2, 0) is 0 Å². The fourth-order valence-corrected chi connectivity index (χ4v) is 3.00. The van der Waals surface area contributed by atoms with E-state index in [-0.39, 0.29) is 5.54 Å². The van der Waals surface area contributed by atoms with Crippen molar-refractivity contribution >= 4 is 11.6 Å². The van der Waals surface area contributed by atoms with Crippen molar-refractivity contribution in [2.75, 3.05) is 11.4 Å². The first-order valence-corrected chi connectivity index (χ1v) is 6.76. The number of para-hydroxylation sites is 1. The van der Waals surface area contributed by atoms with Crippen LogP contribution in [0.5, 0.6) is 0 Å². The SMILES string of the molecule is Cc1ccccc1N1C(N)=NCC1(C)CC1CC1. The van der Waals surface area contributed by atoms with E-state index < -0.39 is 0 Å². The number of aryl methyl sites for hydroxylation is 1. The zero-order valence-electron chi connectivity index (χ0n) is 11.2. The van der Waals surface area contributed by atoms with Gasteiger partial charge in [0.1, 0.15) is 0 Å². The van der Waals surface area contributed by atoms with E-state index in [4.69, 9.17) is 5.73 Å². The molecule has 3 rings (SSSR count). The van der Waals surface area contributed by atoms with E-state index in [9.17, 15) is 0 Å². The Bertz CT molecular complexity index is 490. The Morgan fingerprint density at radius 3 is 2.78 bits per heavy atom. The summed E-state index contributed by atoms with van der Waals surface area (Å²) in [4.78, 5) is 6.74. The normalized spacial score (nSPS) is 27.4. The molecule has 1 aromatic carbocycles. The molecule has 0 spiro atoms. The molecule has 2 N–H and O–H groups in total. The van der Waals surface area contributed by atoms with Gasteiger partial charge in [0.05, 0.1) is 12.1 Å². The summed E-state index contributed by atoms with van der Waals surface area (Å²) in [5.74, 6) is 1.55. The molecule has 1 saturated carbocycles. The zero-order valence-corrected chi connectivity index (χ0v) is 11.2. The molecule has 0 radical (unpaired) electrons. The summed E-state index contributed by atoms with van der Waals surface area (Å²) in [5, 5.41) is 0. The monoisotopic (exact) mass is 243 g/mol. The molecule has 1 aliphatic carbocycles. The third kappa shape index (κ3) is 1.88. The standard InChI is InChI=1S/C15H21N3/c1-11-5-3-4-6-13(11)18-14(16)17-10-15(18,2)9-12-7-8-12/h3-6,12H,7-10H2,1-2H3,(H2,16,17). The third-order valence-electron chi connectivity index (χ3n) is 4.13. The van der Waals surface area contributed by atoms with Gasteiger partial charge in [0.2, 0.25) is 0 Å². The highest BCUT2D eigenvalue weighted by molar-refractivity contribution is 5.98. The van der Waals surface area contributed by atoms with Crippen molar-refractivity contribution in [3.05, 3.63) is 29.8 Å². The molecule has 0 saturated heterocycles. The van der Waals surface area contributed by atoms with Crippen LogP contribution < -0.4 is 10.6 Å². The van der Waals surface area contributed by atoms with E-state index in [1.54, 1.807) is 0 Å². The van der Waals surface area contributed by atoms with Gasteiger partial charge in [-0.05, 0) is 37.8 Å². The van der Waals surface area contributed by atoms with E-state index in [0.717, 1.165) is 12.5 Å². The second kappa shape index (κ2) is 4.01. The number of guanidine groups is 1. The van der Waals surface area contributed by atoms with Gasteiger partial charge >= 0.3 is 0 Å². The minimum absolute atomic E-state index is 0.0668. The summed E-state index contributed by atoms with van der Waals surface area (Å²) in [6.07, 6.45) is 3.94. The van der Waals surface area contributed by atoms with Crippen molar-refractivity contribution in [1.82, 2.24) is 0 Å². The lowest BCUT2D eigenvalue weighted by atomic mass is 9.92. The average molecular weight is 243 g/mol. The van der Waals surface area contributed by atoms with Gasteiger partial charge in [-0.2, -0.15) is 0 Å². The Morgan fingerprint density at radius 2 is 2.11 bits per heavy atom. The summed E-state index contributed by atoms with van der Waals surface area (Å²) in [7, 11) is 0. The summed E-state index contributed by atoms with van der Waals surface area (Å²) >= 11 is 0. The van der Waals surface area contributed by atoms with Crippen LogP contribution in [0.3, 0.4) is 0 Å². The van der Waals surface area contributed by atoms with Gasteiger partial charge in [-0.1, -0.05) is 31.0 Å². The minimum atomic E-state index is 0.0668. The number of aliphatic imine (C=N–C) groups is 1. The Balaban J connectivity index is 1.96. The molecule has 2 aliphatic rings. The fraction of sp³-hybridized carbons (Fsp3) is 0.533. The highest BCUT2D eigenvalue weighted by Gasteiger charge is 2.43. The predicted molar refractivity (Wildman–Crippen MR) is 75.9 cm³/mol. The summed E-state index contributed by atoms with van der Waals surface area (Å²) in [6, 6.07) is 8.43. The summed E-state index contributed by atoms with van der Waals surface area (Å²) < 4.78 is 0. The molecule has 96 valence electrons. The number of anilines is 1. The van der Waals surface area contributed by atoms with Crippen LogP contribution in [0.15, 0.2) is 29.3 Å². The number of hydrogen-bond acceptors (Lipinski definition) is 3. The van der Waals surface area contributed by atoms with Crippen LogP contribution in [0.1, 0.15) is 31.7 Å². The lowest BCUT2D eigenvalue weighted by Gasteiger charge is -2.37. The van der Waals surface area contributed by atoms with E-state index in [1.807, 2.05) is 0 Å². The molecular weight excluding hydrogens is 222 g/mol. The van der Waals surface area contributed by atoms with Crippen LogP contribution in [0.25, 0.3) is 0 Å². The van der Waals surface area contributed by atoms with E-state index >= 15 is 0 Å². The Labute approximate surface area is 109 Å². The summed E-state index contributed by atoms with van der Waals surface area (Å²) in [5.41, 5.74) is 8.67. The first-order chi connectivity index (χ1) is 8.60. The average Bonchev–Trinajstić information content (AvgIpc) is 3.08. The molecule has 1 aliphatic heterocycles. The second-order valence-electron chi connectivity index (χ2n) is 5.94. The maximum absolute atomic E-state index is 6.13. The number of hydrogen-bond donors (Lipinski definition) is 1. The van der Waals surface area contributed by atoms with Crippen LogP contribution in [0, 0.1) is 12.8 Å². The lowest BCUT2D eigenvalue weighted by molar-refractivity contribution is 0.435. The van der Waals surface area contributed by atoms with Crippen LogP contribution in [0.2, 0.25) is 0 Å². The molecular formula is C15H21N3. The Hall–Kier alpha value is -1.51. The Morgan fingerprint density at radius 1 is 1.39 bits per heavy atom. The molecule has 3 heteroatoms. The van der Waals surface area contributed by atoms with Gasteiger partial charge in [-0.3, -0.25) is 4.99 Å². The van der Waals surface area contributed by atoms with Crippen molar-refractivity contribution in [1.29, 1.82) is 0 Å². The fourth-order valence-electron chi connectivity index (χ4n) is 3.00. The Kier molecular flexibility index (Phi) is 2.58. The van der Waals surface area contributed by atoms with Gasteiger partial charge in [0.15, 0.2) is 5.96 Å². The lowest BCUT2D eigenvalue weighted by Crippen LogP contribution is -2.50. The van der Waals surface area contributed by atoms with Crippen LogP contribution in [-0.4, -0.2) is 18.0 Å². The van der Waals surface area contributed by atoms with Crippen molar-refractivity contribution in [3.8, 4) is 0 Å². The molecule has 1 unspecified atom stereocenters. The van der Waals surface area contributed by atoms with E-state index in [2.05, 4.69) is 48.0 Å². The maximum atomic E-state index is 6.13. The van der Waals surface area contributed by atoms with Gasteiger partial charge in [-0.15, -0.1) is 0 Å². The summed E-state index contributed by atoms with van der Waals surface area (Å²) in [6.45, 7) is 5.25. The number of nitrogens with zero attached hydrogens (tertiary/aromatic N) is 2. The topological polar surface area (TPSA) is 41.6 Å². The highest BCUT2D eigenvalue weighted by Crippen LogP contribution is 2.42. The van der Waals surface area contributed by atoms with E-state index in [1.165, 1.54) is 30.5 Å². The van der Waals surface area contributed by atoms with Crippen molar-refractivity contribution < 1.29 is 0 Å². The van der Waals surface area contributed by atoms with Gasteiger partial charge in [0, 0.05) is 5.69 Å². The third-order valence-corrected chi connectivity index (χ3v) is 4.13. The molecule has 0 amide bonds. The quantitative estimate of drug-likeness (QED) is 0.886. The smallest absolute Gasteiger partial charge is 0.196 e. The zero-order chi connectivity index (χ0) is 12.8. The van der Waals surface area contributed by atoms with Crippen LogP contribution >= 0.6 is 0 Å². The van der Waals surface area contributed by atoms with Gasteiger partial charge < -0.3 is 10.6 Å². The van der Waals surface area contributed by atoms with Crippen molar-refractivity contribution in [2.45, 2.75) is 38.6 Å². The van der Waals surface area contributed by atoms with Crippen molar-refractivity contribution in [2.24, 2.45) is 16.6 Å². The molecule has 1 fully saturated rings.